The molecule has 0 spiro atoms. The van der Waals surface area contributed by atoms with Crippen molar-refractivity contribution in [2.45, 2.75) is 12.8 Å². The molecule has 1 aliphatic heterocycles. The second-order valence-electron chi connectivity index (χ2n) is 4.55. The van der Waals surface area contributed by atoms with Gasteiger partial charge in [0, 0.05) is 24.7 Å². The van der Waals surface area contributed by atoms with Crippen LogP contribution in [0.25, 0.3) is 0 Å². The summed E-state index contributed by atoms with van der Waals surface area (Å²) in [5.74, 6) is 1.60. The standard InChI is InChI=1S/C14H13N3O4/c1-2-11-5-6-12(9-13(11)17(20)21)14(19)16(10-18)15-7-3-4-8-15/h1,5-6,9-10H,3-4,7-8H2. The molecule has 1 aromatic carbocycles. The number of terminal acetylenes is 1. The lowest BCUT2D eigenvalue weighted by Gasteiger charge is -2.25. The van der Waals surface area contributed by atoms with E-state index in [0.717, 1.165) is 23.9 Å². The molecule has 0 aliphatic carbocycles. The fourth-order valence-electron chi connectivity index (χ4n) is 2.23. The Balaban J connectivity index is 2.34. The van der Waals surface area contributed by atoms with Crippen LogP contribution in [0.1, 0.15) is 28.8 Å². The number of hydrogen-bond donors (Lipinski definition) is 0. The fraction of sp³-hybridized carbons (Fsp3) is 0.286. The van der Waals surface area contributed by atoms with Crippen LogP contribution in [-0.4, -0.2) is 40.3 Å². The molecule has 0 aromatic heterocycles. The first-order chi connectivity index (χ1) is 10.1. The summed E-state index contributed by atoms with van der Waals surface area (Å²) < 4.78 is 0. The zero-order valence-corrected chi connectivity index (χ0v) is 11.2. The van der Waals surface area contributed by atoms with Gasteiger partial charge >= 0.3 is 0 Å². The molecule has 0 radical (unpaired) electrons. The van der Waals surface area contributed by atoms with Crippen molar-refractivity contribution in [3.05, 3.63) is 39.4 Å². The van der Waals surface area contributed by atoms with Gasteiger partial charge < -0.3 is 0 Å². The number of hydrazine groups is 1. The molecule has 2 rings (SSSR count). The lowest BCUT2D eigenvalue weighted by atomic mass is 10.1. The summed E-state index contributed by atoms with van der Waals surface area (Å²) in [5.41, 5.74) is -0.175. The number of nitro benzene ring substituents is 1. The first-order valence-corrected chi connectivity index (χ1v) is 6.37. The van der Waals surface area contributed by atoms with Crippen molar-refractivity contribution in [1.82, 2.24) is 10.0 Å². The Morgan fingerprint density at radius 2 is 2.10 bits per heavy atom. The second-order valence-corrected chi connectivity index (χ2v) is 4.55. The quantitative estimate of drug-likeness (QED) is 0.359. The maximum Gasteiger partial charge on any atom is 0.285 e. The van der Waals surface area contributed by atoms with Crippen molar-refractivity contribution in [2.24, 2.45) is 0 Å². The van der Waals surface area contributed by atoms with Gasteiger partial charge in [0.15, 0.2) is 0 Å². The maximum atomic E-state index is 12.3. The van der Waals surface area contributed by atoms with Crippen LogP contribution in [0.3, 0.4) is 0 Å². The third kappa shape index (κ3) is 2.90. The Morgan fingerprint density at radius 3 is 2.62 bits per heavy atom. The fourth-order valence-corrected chi connectivity index (χ4v) is 2.23. The first kappa shape index (κ1) is 14.7. The largest absolute Gasteiger partial charge is 0.285 e. The van der Waals surface area contributed by atoms with Crippen LogP contribution in [0.4, 0.5) is 5.69 Å². The van der Waals surface area contributed by atoms with Gasteiger partial charge in [-0.1, -0.05) is 5.92 Å². The summed E-state index contributed by atoms with van der Waals surface area (Å²) in [4.78, 5) is 33.8. The van der Waals surface area contributed by atoms with E-state index in [1.54, 1.807) is 5.01 Å². The van der Waals surface area contributed by atoms with E-state index in [4.69, 9.17) is 6.42 Å². The van der Waals surface area contributed by atoms with Gasteiger partial charge in [-0.15, -0.1) is 6.42 Å². The molecule has 21 heavy (non-hydrogen) atoms. The average molecular weight is 287 g/mol. The highest BCUT2D eigenvalue weighted by Crippen LogP contribution is 2.21. The highest BCUT2D eigenvalue weighted by Gasteiger charge is 2.26. The van der Waals surface area contributed by atoms with Gasteiger partial charge in [0.05, 0.1) is 4.92 Å². The average Bonchev–Trinajstić information content (AvgIpc) is 3.01. The summed E-state index contributed by atoms with van der Waals surface area (Å²) in [5, 5.41) is 13.5. The summed E-state index contributed by atoms with van der Waals surface area (Å²) >= 11 is 0. The molecule has 0 bridgehead atoms. The van der Waals surface area contributed by atoms with Gasteiger partial charge in [-0.05, 0) is 25.0 Å². The number of hydrogen-bond acceptors (Lipinski definition) is 5. The van der Waals surface area contributed by atoms with Crippen LogP contribution in [0.5, 0.6) is 0 Å². The van der Waals surface area contributed by atoms with Crippen molar-refractivity contribution in [3.8, 4) is 12.3 Å². The first-order valence-electron chi connectivity index (χ1n) is 6.37. The minimum Gasteiger partial charge on any atom is -0.277 e. The second kappa shape index (κ2) is 6.15. The van der Waals surface area contributed by atoms with Crippen molar-refractivity contribution in [1.29, 1.82) is 0 Å². The SMILES string of the molecule is C#Cc1ccc(C(=O)N(C=O)N2CCCC2)cc1[N+](=O)[O-]. The van der Waals surface area contributed by atoms with Crippen molar-refractivity contribution < 1.29 is 14.5 Å². The lowest BCUT2D eigenvalue weighted by Crippen LogP contribution is -2.44. The van der Waals surface area contributed by atoms with E-state index in [9.17, 15) is 19.7 Å². The molecule has 1 heterocycles. The number of nitro groups is 1. The monoisotopic (exact) mass is 287 g/mol. The minimum atomic E-state index is -0.646. The molecule has 7 nitrogen and oxygen atoms in total. The van der Waals surface area contributed by atoms with Crippen LogP contribution >= 0.6 is 0 Å². The Bertz CT molecular complexity index is 630. The number of imide groups is 1. The molecular formula is C14H13N3O4. The van der Waals surface area contributed by atoms with Crippen molar-refractivity contribution in [3.63, 3.8) is 0 Å². The third-order valence-electron chi connectivity index (χ3n) is 3.29. The van der Waals surface area contributed by atoms with Gasteiger partial charge in [0.1, 0.15) is 5.56 Å². The van der Waals surface area contributed by atoms with E-state index in [0.29, 0.717) is 19.5 Å². The molecule has 1 aromatic rings. The van der Waals surface area contributed by atoms with E-state index in [-0.39, 0.29) is 16.8 Å². The van der Waals surface area contributed by atoms with Gasteiger partial charge in [0.2, 0.25) is 6.41 Å². The summed E-state index contributed by atoms with van der Waals surface area (Å²) in [7, 11) is 0. The Morgan fingerprint density at radius 1 is 1.43 bits per heavy atom. The summed E-state index contributed by atoms with van der Waals surface area (Å²) in [6, 6.07) is 3.82. The Labute approximate surface area is 121 Å². The number of amides is 2. The minimum absolute atomic E-state index is 0.0553. The topological polar surface area (TPSA) is 83.8 Å². The van der Waals surface area contributed by atoms with E-state index in [1.165, 1.54) is 12.1 Å². The van der Waals surface area contributed by atoms with Crippen LogP contribution in [0.2, 0.25) is 0 Å². The third-order valence-corrected chi connectivity index (χ3v) is 3.29. The zero-order chi connectivity index (χ0) is 15.4. The smallest absolute Gasteiger partial charge is 0.277 e. The number of carbonyl (C=O) groups is 2. The molecule has 108 valence electrons. The van der Waals surface area contributed by atoms with Crippen LogP contribution in [0, 0.1) is 22.5 Å². The summed E-state index contributed by atoms with van der Waals surface area (Å²) in [6.45, 7) is 1.21. The maximum absolute atomic E-state index is 12.3. The predicted molar refractivity (Wildman–Crippen MR) is 74.1 cm³/mol. The van der Waals surface area contributed by atoms with Crippen molar-refractivity contribution in [2.75, 3.05) is 13.1 Å². The number of carbonyl (C=O) groups excluding carboxylic acids is 2. The van der Waals surface area contributed by atoms with E-state index in [2.05, 4.69) is 5.92 Å². The number of benzene rings is 1. The summed E-state index contributed by atoms with van der Waals surface area (Å²) in [6.07, 6.45) is 7.40. The van der Waals surface area contributed by atoms with Gasteiger partial charge in [-0.3, -0.25) is 19.7 Å². The van der Waals surface area contributed by atoms with E-state index >= 15 is 0 Å². The molecule has 1 aliphatic rings. The lowest BCUT2D eigenvalue weighted by molar-refractivity contribution is -0.385. The Kier molecular flexibility index (Phi) is 4.30. The van der Waals surface area contributed by atoms with Gasteiger partial charge in [-0.2, -0.15) is 0 Å². The number of rotatable bonds is 4. The van der Waals surface area contributed by atoms with Crippen molar-refractivity contribution >= 4 is 18.0 Å². The van der Waals surface area contributed by atoms with Gasteiger partial charge in [-0.25, -0.2) is 10.0 Å². The number of nitrogens with zero attached hydrogens (tertiary/aromatic N) is 3. The molecule has 0 N–H and O–H groups in total. The molecule has 0 atom stereocenters. The Hall–Kier alpha value is -2.72. The zero-order valence-electron chi connectivity index (χ0n) is 11.2. The van der Waals surface area contributed by atoms with Crippen LogP contribution < -0.4 is 0 Å². The molecule has 7 heteroatoms. The predicted octanol–water partition coefficient (Wildman–Crippen LogP) is 1.19. The van der Waals surface area contributed by atoms with Crippen LogP contribution in [0.15, 0.2) is 18.2 Å². The van der Waals surface area contributed by atoms with Crippen LogP contribution in [-0.2, 0) is 4.79 Å². The molecule has 0 unspecified atom stereocenters. The molecular weight excluding hydrogens is 274 g/mol. The van der Waals surface area contributed by atoms with Gasteiger partial charge in [0.25, 0.3) is 11.6 Å². The highest BCUT2D eigenvalue weighted by molar-refractivity contribution is 6.00. The molecule has 0 saturated carbocycles. The van der Waals surface area contributed by atoms with E-state index in [1.807, 2.05) is 0 Å². The highest BCUT2D eigenvalue weighted by atomic mass is 16.6. The molecule has 1 saturated heterocycles. The molecule has 1 fully saturated rings. The normalized spacial score (nSPS) is 14.4. The molecule has 2 amide bonds. The van der Waals surface area contributed by atoms with E-state index < -0.39 is 10.8 Å².